The Balaban J connectivity index is 1.75. The number of benzene rings is 1. The Bertz CT molecular complexity index is 672. The van der Waals surface area contributed by atoms with E-state index in [0.29, 0.717) is 0 Å². The van der Waals surface area contributed by atoms with Crippen LogP contribution in [0, 0.1) is 0 Å². The molecule has 1 aliphatic rings. The van der Waals surface area contributed by atoms with Crippen molar-refractivity contribution in [2.24, 2.45) is 0 Å². The van der Waals surface area contributed by atoms with E-state index < -0.39 is 0 Å². The van der Waals surface area contributed by atoms with E-state index in [0.717, 1.165) is 67.1 Å². The molecule has 1 atom stereocenters. The standard InChI is InChI=1S/C18H26N4O3S/c1-24-15-6-4-14(5-7-15)17-20-21-18(26-12-9-19-8-10-23)22(17)13-16-3-2-11-25-16/h4-7,16,19,23H,2-3,8-13H2,1H3/p+1/t16-/m0/s1. The highest BCUT2D eigenvalue weighted by molar-refractivity contribution is 7.99. The Morgan fingerprint density at radius 2 is 2.15 bits per heavy atom. The lowest BCUT2D eigenvalue weighted by atomic mass is 10.2. The minimum atomic E-state index is 0.210. The topological polar surface area (TPSA) is 86.0 Å². The summed E-state index contributed by atoms with van der Waals surface area (Å²) in [7, 11) is 1.66. The first-order valence-electron chi connectivity index (χ1n) is 9.06. The predicted molar refractivity (Wildman–Crippen MR) is 100 cm³/mol. The second kappa shape index (κ2) is 9.91. The van der Waals surface area contributed by atoms with Crippen molar-refractivity contribution in [1.82, 2.24) is 14.8 Å². The number of aliphatic hydroxyl groups excluding tert-OH is 1. The maximum atomic E-state index is 8.87. The summed E-state index contributed by atoms with van der Waals surface area (Å²) in [6, 6.07) is 7.91. The van der Waals surface area contributed by atoms with E-state index in [2.05, 4.69) is 20.1 Å². The molecule has 0 saturated carbocycles. The summed E-state index contributed by atoms with van der Waals surface area (Å²) in [4.78, 5) is 0. The van der Waals surface area contributed by atoms with Crippen LogP contribution in [0.25, 0.3) is 11.4 Å². The molecule has 0 unspecified atom stereocenters. The van der Waals surface area contributed by atoms with Crippen LogP contribution in [0.2, 0.25) is 0 Å². The number of methoxy groups -OCH3 is 1. The first-order chi connectivity index (χ1) is 12.8. The van der Waals surface area contributed by atoms with Crippen molar-refractivity contribution in [3.63, 3.8) is 0 Å². The van der Waals surface area contributed by atoms with Gasteiger partial charge in [-0.15, -0.1) is 10.2 Å². The molecule has 0 amide bonds. The molecule has 142 valence electrons. The molecule has 0 spiro atoms. The summed E-state index contributed by atoms with van der Waals surface area (Å²) in [6.45, 7) is 3.50. The zero-order chi connectivity index (χ0) is 18.2. The quantitative estimate of drug-likeness (QED) is 0.469. The van der Waals surface area contributed by atoms with Crippen molar-refractivity contribution in [2.45, 2.75) is 30.6 Å². The summed E-state index contributed by atoms with van der Waals surface area (Å²) in [5.74, 6) is 2.62. The molecule has 2 aromatic rings. The number of hydrogen-bond donors (Lipinski definition) is 2. The number of aromatic nitrogens is 3. The van der Waals surface area contributed by atoms with Crippen LogP contribution in [0.3, 0.4) is 0 Å². The highest BCUT2D eigenvalue weighted by Gasteiger charge is 2.21. The fourth-order valence-electron chi connectivity index (χ4n) is 2.97. The maximum absolute atomic E-state index is 8.87. The van der Waals surface area contributed by atoms with Gasteiger partial charge in [0, 0.05) is 12.2 Å². The second-order valence-corrected chi connectivity index (χ2v) is 7.28. The summed E-state index contributed by atoms with van der Waals surface area (Å²) < 4.78 is 13.2. The van der Waals surface area contributed by atoms with Crippen LogP contribution in [0.1, 0.15) is 12.8 Å². The van der Waals surface area contributed by atoms with Gasteiger partial charge in [0.05, 0.1) is 45.2 Å². The highest BCUT2D eigenvalue weighted by atomic mass is 32.2. The minimum Gasteiger partial charge on any atom is -0.497 e. The molecule has 2 heterocycles. The van der Waals surface area contributed by atoms with Crippen LogP contribution in [0.5, 0.6) is 5.75 Å². The molecule has 3 N–H and O–H groups in total. The van der Waals surface area contributed by atoms with E-state index in [4.69, 9.17) is 14.6 Å². The van der Waals surface area contributed by atoms with Crippen molar-refractivity contribution in [3.8, 4) is 17.1 Å². The first kappa shape index (κ1) is 19.2. The van der Waals surface area contributed by atoms with Crippen molar-refractivity contribution in [1.29, 1.82) is 0 Å². The fourth-order valence-corrected chi connectivity index (χ4v) is 3.86. The van der Waals surface area contributed by atoms with Crippen LogP contribution in [-0.2, 0) is 11.3 Å². The van der Waals surface area contributed by atoms with Crippen LogP contribution in [0.4, 0.5) is 0 Å². The number of rotatable bonds is 10. The smallest absolute Gasteiger partial charge is 0.191 e. The minimum absolute atomic E-state index is 0.210. The van der Waals surface area contributed by atoms with Gasteiger partial charge >= 0.3 is 0 Å². The molecule has 8 heteroatoms. The average Bonchev–Trinajstić information content (AvgIpc) is 3.32. The first-order valence-corrected chi connectivity index (χ1v) is 10.0. The molecule has 7 nitrogen and oxygen atoms in total. The summed E-state index contributed by atoms with van der Waals surface area (Å²) >= 11 is 1.70. The lowest BCUT2D eigenvalue weighted by Gasteiger charge is -2.14. The Morgan fingerprint density at radius 1 is 1.31 bits per heavy atom. The number of quaternary nitrogens is 1. The van der Waals surface area contributed by atoms with E-state index in [-0.39, 0.29) is 12.7 Å². The number of hydrogen-bond acceptors (Lipinski definition) is 6. The molecule has 26 heavy (non-hydrogen) atoms. The molecular weight excluding hydrogens is 352 g/mol. The molecule has 0 radical (unpaired) electrons. The highest BCUT2D eigenvalue weighted by Crippen LogP contribution is 2.27. The monoisotopic (exact) mass is 379 g/mol. The molecule has 0 aliphatic carbocycles. The molecule has 1 aromatic carbocycles. The largest absolute Gasteiger partial charge is 0.497 e. The Labute approximate surface area is 158 Å². The number of nitrogens with two attached hydrogens (primary N) is 1. The molecule has 0 bridgehead atoms. The van der Waals surface area contributed by atoms with Crippen LogP contribution < -0.4 is 10.1 Å². The maximum Gasteiger partial charge on any atom is 0.191 e. The Hall–Kier alpha value is -1.61. The van der Waals surface area contributed by atoms with Gasteiger partial charge in [0.15, 0.2) is 11.0 Å². The van der Waals surface area contributed by atoms with Crippen molar-refractivity contribution < 1.29 is 19.9 Å². The van der Waals surface area contributed by atoms with Crippen molar-refractivity contribution in [3.05, 3.63) is 24.3 Å². The molecule has 1 saturated heterocycles. The predicted octanol–water partition coefficient (Wildman–Crippen LogP) is 0.780. The normalized spacial score (nSPS) is 16.9. The SMILES string of the molecule is COc1ccc(-c2nnc(SCC[NH2+]CCO)n2C[C@@H]2CCCO2)cc1. The van der Waals surface area contributed by atoms with Gasteiger partial charge in [0.1, 0.15) is 5.75 Å². The lowest BCUT2D eigenvalue weighted by molar-refractivity contribution is -0.651. The number of ether oxygens (including phenoxy) is 2. The lowest BCUT2D eigenvalue weighted by Crippen LogP contribution is -2.85. The van der Waals surface area contributed by atoms with Gasteiger partial charge in [0.2, 0.25) is 0 Å². The van der Waals surface area contributed by atoms with Gasteiger partial charge < -0.3 is 19.9 Å². The zero-order valence-corrected chi connectivity index (χ0v) is 16.0. The molecule has 1 fully saturated rings. The van der Waals surface area contributed by atoms with Gasteiger partial charge in [-0.05, 0) is 37.1 Å². The average molecular weight is 380 g/mol. The third kappa shape index (κ3) is 4.97. The summed E-state index contributed by atoms with van der Waals surface area (Å²) in [5, 5.41) is 20.8. The number of thioether (sulfide) groups is 1. The number of nitrogens with zero attached hydrogens (tertiary/aromatic N) is 3. The van der Waals surface area contributed by atoms with Gasteiger partial charge in [-0.2, -0.15) is 0 Å². The van der Waals surface area contributed by atoms with Gasteiger partial charge in [0.25, 0.3) is 0 Å². The molecule has 1 aromatic heterocycles. The second-order valence-electron chi connectivity index (χ2n) is 6.22. The van der Waals surface area contributed by atoms with Gasteiger partial charge in [-0.25, -0.2) is 0 Å². The number of aliphatic hydroxyl groups is 1. The van der Waals surface area contributed by atoms with Crippen LogP contribution in [0.15, 0.2) is 29.4 Å². The zero-order valence-electron chi connectivity index (χ0n) is 15.1. The van der Waals surface area contributed by atoms with Crippen LogP contribution in [-0.4, -0.2) is 65.1 Å². The van der Waals surface area contributed by atoms with E-state index in [9.17, 15) is 0 Å². The van der Waals surface area contributed by atoms with E-state index in [1.54, 1.807) is 18.9 Å². The summed E-state index contributed by atoms with van der Waals surface area (Å²) in [5.41, 5.74) is 1.02. The molecule has 1 aliphatic heterocycles. The van der Waals surface area contributed by atoms with Gasteiger partial charge in [-0.1, -0.05) is 11.8 Å². The van der Waals surface area contributed by atoms with E-state index >= 15 is 0 Å². The molecular formula is C18H27N4O3S+. The Morgan fingerprint density at radius 3 is 2.85 bits per heavy atom. The fraction of sp³-hybridized carbons (Fsp3) is 0.556. The van der Waals surface area contributed by atoms with E-state index in [1.807, 2.05) is 24.3 Å². The third-order valence-corrected chi connectivity index (χ3v) is 5.36. The van der Waals surface area contributed by atoms with E-state index in [1.165, 1.54) is 0 Å². The van der Waals surface area contributed by atoms with Crippen molar-refractivity contribution in [2.75, 3.05) is 39.2 Å². The molecule has 3 rings (SSSR count). The van der Waals surface area contributed by atoms with Crippen molar-refractivity contribution >= 4 is 11.8 Å². The Kier molecular flexibility index (Phi) is 7.31. The third-order valence-electron chi connectivity index (χ3n) is 4.36. The van der Waals surface area contributed by atoms with Gasteiger partial charge in [-0.3, -0.25) is 4.57 Å². The van der Waals surface area contributed by atoms with Crippen LogP contribution >= 0.6 is 11.8 Å². The summed E-state index contributed by atoms with van der Waals surface area (Å²) in [6.07, 6.45) is 2.42.